The first-order valence-corrected chi connectivity index (χ1v) is 7.82. The molecule has 7 heteroatoms. The van der Waals surface area contributed by atoms with Gasteiger partial charge < -0.3 is 25.1 Å². The van der Waals surface area contributed by atoms with Crippen LogP contribution in [0.4, 0.5) is 10.5 Å². The highest BCUT2D eigenvalue weighted by atomic mass is 16.5. The molecule has 132 valence electrons. The van der Waals surface area contributed by atoms with Crippen molar-refractivity contribution in [2.45, 2.75) is 0 Å². The number of carbonyl (C=O) groups is 2. The molecule has 0 saturated carbocycles. The van der Waals surface area contributed by atoms with Crippen LogP contribution in [0.1, 0.15) is 16.8 Å². The molecule has 0 radical (unpaired) electrons. The molecule has 0 bridgehead atoms. The summed E-state index contributed by atoms with van der Waals surface area (Å²) in [5.41, 5.74) is 3.29. The van der Waals surface area contributed by atoms with E-state index in [-0.39, 0.29) is 12.5 Å². The number of carbonyl (C=O) groups excluding carboxylic acids is 2. The molecule has 1 aliphatic heterocycles. The lowest BCUT2D eigenvalue weighted by molar-refractivity contribution is -0.110. The summed E-state index contributed by atoms with van der Waals surface area (Å²) in [6, 6.07) is 7.24. The fraction of sp³-hybridized carbons (Fsp3) is 0.158. The SMILES string of the molecule is COC(=O)NCC#Cc1cccc2c1C(=Cc1[nH]ccc1OC)C(=O)N2. The van der Waals surface area contributed by atoms with Gasteiger partial charge in [0.25, 0.3) is 5.91 Å². The minimum absolute atomic E-state index is 0.140. The van der Waals surface area contributed by atoms with Crippen LogP contribution in [0.5, 0.6) is 5.75 Å². The minimum atomic E-state index is -0.547. The number of methoxy groups -OCH3 is 2. The van der Waals surface area contributed by atoms with Gasteiger partial charge in [0, 0.05) is 17.3 Å². The predicted molar refractivity (Wildman–Crippen MR) is 97.6 cm³/mol. The maximum Gasteiger partial charge on any atom is 0.407 e. The number of aromatic nitrogens is 1. The summed E-state index contributed by atoms with van der Waals surface area (Å²) in [4.78, 5) is 26.5. The topological polar surface area (TPSA) is 92.4 Å². The molecule has 0 atom stereocenters. The third-order valence-electron chi connectivity index (χ3n) is 3.80. The van der Waals surface area contributed by atoms with Gasteiger partial charge in [-0.15, -0.1) is 0 Å². The second-order valence-electron chi connectivity index (χ2n) is 5.35. The van der Waals surface area contributed by atoms with E-state index in [1.807, 2.05) is 18.2 Å². The zero-order valence-electron chi connectivity index (χ0n) is 14.3. The normalized spacial score (nSPS) is 13.5. The number of alkyl carbamates (subject to hydrolysis) is 1. The number of hydrogen-bond donors (Lipinski definition) is 3. The number of anilines is 1. The Morgan fingerprint density at radius 3 is 2.92 bits per heavy atom. The fourth-order valence-electron chi connectivity index (χ4n) is 2.62. The first kappa shape index (κ1) is 17.2. The van der Waals surface area contributed by atoms with Crippen molar-refractivity contribution in [1.29, 1.82) is 0 Å². The van der Waals surface area contributed by atoms with Crippen molar-refractivity contribution in [3.63, 3.8) is 0 Å². The molecule has 2 aromatic rings. The molecule has 0 spiro atoms. The van der Waals surface area contributed by atoms with Crippen molar-refractivity contribution < 1.29 is 19.1 Å². The third-order valence-corrected chi connectivity index (χ3v) is 3.80. The number of ether oxygens (including phenoxy) is 2. The molecule has 3 N–H and O–H groups in total. The Bertz CT molecular complexity index is 947. The van der Waals surface area contributed by atoms with E-state index >= 15 is 0 Å². The second kappa shape index (κ2) is 7.49. The van der Waals surface area contributed by atoms with Gasteiger partial charge in [-0.05, 0) is 24.3 Å². The summed E-state index contributed by atoms with van der Waals surface area (Å²) in [5.74, 6) is 6.27. The maximum absolute atomic E-state index is 12.4. The predicted octanol–water partition coefficient (Wildman–Crippen LogP) is 2.22. The largest absolute Gasteiger partial charge is 0.495 e. The second-order valence-corrected chi connectivity index (χ2v) is 5.35. The Balaban J connectivity index is 1.95. The molecule has 1 aromatic carbocycles. The van der Waals surface area contributed by atoms with Crippen LogP contribution in [0.15, 0.2) is 30.5 Å². The first-order valence-electron chi connectivity index (χ1n) is 7.82. The van der Waals surface area contributed by atoms with Crippen molar-refractivity contribution in [1.82, 2.24) is 10.3 Å². The quantitative estimate of drug-likeness (QED) is 0.584. The van der Waals surface area contributed by atoms with Crippen LogP contribution in [0, 0.1) is 11.8 Å². The maximum atomic E-state index is 12.4. The summed E-state index contributed by atoms with van der Waals surface area (Å²) in [5, 5.41) is 5.32. The summed E-state index contributed by atoms with van der Waals surface area (Å²) in [6.45, 7) is 0.140. The Hall–Kier alpha value is -3.66. The number of amides is 2. The number of H-pyrrole nitrogens is 1. The number of fused-ring (bicyclic) bond motifs is 1. The molecule has 7 nitrogen and oxygen atoms in total. The molecular weight excluding hydrogens is 334 g/mol. The molecule has 1 aromatic heterocycles. The Kier molecular flexibility index (Phi) is 4.94. The highest BCUT2D eigenvalue weighted by molar-refractivity contribution is 6.35. The van der Waals surface area contributed by atoms with Gasteiger partial charge in [0.15, 0.2) is 0 Å². The lowest BCUT2D eigenvalue weighted by Gasteiger charge is -2.03. The summed E-state index contributed by atoms with van der Waals surface area (Å²) in [7, 11) is 2.86. The molecular formula is C19H17N3O4. The third kappa shape index (κ3) is 3.39. The van der Waals surface area contributed by atoms with E-state index in [4.69, 9.17) is 4.74 Å². The van der Waals surface area contributed by atoms with Gasteiger partial charge in [-0.1, -0.05) is 17.9 Å². The van der Waals surface area contributed by atoms with Gasteiger partial charge in [0.05, 0.1) is 37.7 Å². The average molecular weight is 351 g/mol. The Labute approximate surface area is 150 Å². The van der Waals surface area contributed by atoms with Crippen LogP contribution in [-0.4, -0.2) is 37.7 Å². The molecule has 1 aliphatic rings. The summed E-state index contributed by atoms with van der Waals surface area (Å²) in [6.07, 6.45) is 2.93. The van der Waals surface area contributed by atoms with E-state index in [1.54, 1.807) is 25.4 Å². The number of rotatable bonds is 3. The van der Waals surface area contributed by atoms with Crippen LogP contribution in [-0.2, 0) is 9.53 Å². The zero-order chi connectivity index (χ0) is 18.5. The number of benzene rings is 1. The molecule has 26 heavy (non-hydrogen) atoms. The monoisotopic (exact) mass is 351 g/mol. The molecule has 2 heterocycles. The number of aromatic amines is 1. The van der Waals surface area contributed by atoms with Gasteiger partial charge >= 0.3 is 6.09 Å². The van der Waals surface area contributed by atoms with Crippen molar-refractivity contribution >= 4 is 29.3 Å². The first-order chi connectivity index (χ1) is 12.6. The van der Waals surface area contributed by atoms with Crippen LogP contribution in [0.2, 0.25) is 0 Å². The summed E-state index contributed by atoms with van der Waals surface area (Å²) < 4.78 is 9.77. The van der Waals surface area contributed by atoms with Crippen LogP contribution < -0.4 is 15.4 Å². The van der Waals surface area contributed by atoms with Gasteiger partial charge in [0.2, 0.25) is 0 Å². The van der Waals surface area contributed by atoms with E-state index in [1.165, 1.54) is 7.11 Å². The lowest BCUT2D eigenvalue weighted by Crippen LogP contribution is -2.22. The molecule has 2 amide bonds. The molecule has 3 rings (SSSR count). The van der Waals surface area contributed by atoms with Crippen LogP contribution in [0.3, 0.4) is 0 Å². The smallest absolute Gasteiger partial charge is 0.407 e. The van der Waals surface area contributed by atoms with E-state index in [0.29, 0.717) is 28.3 Å². The van der Waals surface area contributed by atoms with E-state index in [9.17, 15) is 9.59 Å². The number of nitrogens with one attached hydrogen (secondary N) is 3. The van der Waals surface area contributed by atoms with Crippen molar-refractivity contribution in [2.24, 2.45) is 0 Å². The molecule has 0 aliphatic carbocycles. The van der Waals surface area contributed by atoms with Crippen molar-refractivity contribution in [2.75, 3.05) is 26.1 Å². The van der Waals surface area contributed by atoms with Crippen molar-refractivity contribution in [3.05, 3.63) is 47.3 Å². The fourth-order valence-corrected chi connectivity index (χ4v) is 2.62. The highest BCUT2D eigenvalue weighted by Gasteiger charge is 2.26. The van der Waals surface area contributed by atoms with Crippen LogP contribution in [0.25, 0.3) is 11.6 Å². The van der Waals surface area contributed by atoms with E-state index in [2.05, 4.69) is 32.2 Å². The highest BCUT2D eigenvalue weighted by Crippen LogP contribution is 2.36. The van der Waals surface area contributed by atoms with Crippen LogP contribution >= 0.6 is 0 Å². The molecule has 0 unspecified atom stereocenters. The van der Waals surface area contributed by atoms with Gasteiger partial charge in [-0.25, -0.2) is 4.79 Å². The van der Waals surface area contributed by atoms with E-state index < -0.39 is 6.09 Å². The van der Waals surface area contributed by atoms with Gasteiger partial charge in [0.1, 0.15) is 5.75 Å². The van der Waals surface area contributed by atoms with Crippen molar-refractivity contribution in [3.8, 4) is 17.6 Å². The lowest BCUT2D eigenvalue weighted by atomic mass is 9.99. The Morgan fingerprint density at radius 2 is 2.15 bits per heavy atom. The molecule has 0 saturated heterocycles. The standard InChI is InChI=1S/C19H17N3O4/c1-25-16-8-10-20-15(16)11-13-17-12(6-4-9-21-19(24)26-2)5-3-7-14(17)22-18(13)23/h3,5,7-8,10-11,20H,9H2,1-2H3,(H,21,24)(H,22,23). The Morgan fingerprint density at radius 1 is 1.31 bits per heavy atom. The average Bonchev–Trinajstić information content (AvgIpc) is 3.23. The number of hydrogen-bond acceptors (Lipinski definition) is 4. The zero-order valence-corrected chi connectivity index (χ0v) is 14.3. The van der Waals surface area contributed by atoms with Gasteiger partial charge in [-0.3, -0.25) is 4.79 Å². The molecule has 0 fully saturated rings. The minimum Gasteiger partial charge on any atom is -0.495 e. The van der Waals surface area contributed by atoms with E-state index in [0.717, 1.165) is 5.56 Å². The summed E-state index contributed by atoms with van der Waals surface area (Å²) >= 11 is 0. The van der Waals surface area contributed by atoms with Gasteiger partial charge in [-0.2, -0.15) is 0 Å².